The lowest BCUT2D eigenvalue weighted by Gasteiger charge is -2.09. The molecule has 37 heavy (non-hydrogen) atoms. The second kappa shape index (κ2) is 9.19. The Balaban J connectivity index is 1.37. The van der Waals surface area contributed by atoms with Crippen LogP contribution in [-0.4, -0.2) is 30.2 Å². The quantitative estimate of drug-likeness (QED) is 0.371. The molecule has 0 spiro atoms. The molecule has 0 aliphatic carbocycles. The molecule has 0 aliphatic heterocycles. The van der Waals surface area contributed by atoms with Gasteiger partial charge in [-0.25, -0.2) is 4.98 Å². The van der Waals surface area contributed by atoms with E-state index in [0.29, 0.717) is 22.5 Å². The summed E-state index contributed by atoms with van der Waals surface area (Å²) < 4.78 is 8.53. The zero-order valence-electron chi connectivity index (χ0n) is 20.0. The third-order valence-electron chi connectivity index (χ3n) is 6.18. The molecule has 9 heteroatoms. The Morgan fingerprint density at radius 3 is 2.54 bits per heavy atom. The molecule has 3 aromatic carbocycles. The molecule has 0 radical (unpaired) electrons. The minimum Gasteiger partial charge on any atom is -0.337 e. The fraction of sp³-hybridized carbons (Fsp3) is 0.107. The average Bonchev–Trinajstić information content (AvgIpc) is 3.51. The van der Waals surface area contributed by atoms with Crippen molar-refractivity contribution < 1.29 is 9.32 Å². The number of nitrogens with one attached hydrogen (secondary N) is 1. The minimum absolute atomic E-state index is 0.0441. The van der Waals surface area contributed by atoms with Crippen molar-refractivity contribution in [3.63, 3.8) is 0 Å². The number of anilines is 1. The molecule has 6 aromatic rings. The Hall–Kier alpha value is -5.05. The number of rotatable bonds is 6. The first-order valence-corrected chi connectivity index (χ1v) is 11.8. The number of aromatic nitrogens is 5. The predicted molar refractivity (Wildman–Crippen MR) is 140 cm³/mol. The monoisotopic (exact) mass is 490 g/mol. The molecular weight excluding hydrogens is 468 g/mol. The van der Waals surface area contributed by atoms with E-state index >= 15 is 0 Å². The van der Waals surface area contributed by atoms with Gasteiger partial charge in [-0.2, -0.15) is 4.98 Å². The fourth-order valence-electron chi connectivity index (χ4n) is 4.38. The van der Waals surface area contributed by atoms with Gasteiger partial charge in [0.1, 0.15) is 24.1 Å². The first-order valence-electron chi connectivity index (χ1n) is 11.8. The number of benzene rings is 3. The van der Waals surface area contributed by atoms with Gasteiger partial charge >= 0.3 is 0 Å². The molecule has 6 rings (SSSR count). The summed E-state index contributed by atoms with van der Waals surface area (Å²) in [5.41, 5.74) is 3.94. The van der Waals surface area contributed by atoms with E-state index in [4.69, 9.17) is 4.52 Å². The third kappa shape index (κ3) is 4.27. The number of aryl methyl sites for hydroxylation is 1. The van der Waals surface area contributed by atoms with Gasteiger partial charge in [-0.1, -0.05) is 71.4 Å². The predicted octanol–water partition coefficient (Wildman–Crippen LogP) is 4.40. The molecule has 0 unspecified atom stereocenters. The zero-order valence-corrected chi connectivity index (χ0v) is 20.0. The highest BCUT2D eigenvalue weighted by Crippen LogP contribution is 2.25. The Bertz CT molecular complexity index is 1800. The van der Waals surface area contributed by atoms with Crippen LogP contribution < -0.4 is 10.9 Å². The van der Waals surface area contributed by atoms with Gasteiger partial charge in [0.25, 0.3) is 5.56 Å². The third-order valence-corrected chi connectivity index (χ3v) is 6.18. The van der Waals surface area contributed by atoms with E-state index in [2.05, 4.69) is 20.4 Å². The highest BCUT2D eigenvalue weighted by atomic mass is 16.5. The van der Waals surface area contributed by atoms with Crippen LogP contribution in [0.25, 0.3) is 33.3 Å². The van der Waals surface area contributed by atoms with Crippen molar-refractivity contribution in [3.05, 3.63) is 107 Å². The second-order valence-electron chi connectivity index (χ2n) is 8.77. The van der Waals surface area contributed by atoms with Crippen LogP contribution >= 0.6 is 0 Å². The molecule has 182 valence electrons. The van der Waals surface area contributed by atoms with Gasteiger partial charge in [0.05, 0.1) is 11.8 Å². The van der Waals surface area contributed by atoms with Crippen molar-refractivity contribution in [2.45, 2.75) is 20.0 Å². The Morgan fingerprint density at radius 2 is 1.73 bits per heavy atom. The molecule has 0 fully saturated rings. The van der Waals surface area contributed by atoms with Gasteiger partial charge in [0.15, 0.2) is 0 Å². The summed E-state index contributed by atoms with van der Waals surface area (Å²) >= 11 is 0. The van der Waals surface area contributed by atoms with E-state index in [1.54, 1.807) is 4.57 Å². The molecule has 1 amide bonds. The SMILES string of the molecule is Cc1ccc(NC(=O)Cn2c3ccccc3c3ncn(Cc4nc(-c5ccccc5)no4)c(=O)c32)cc1. The Kier molecular flexibility index (Phi) is 5.57. The second-order valence-corrected chi connectivity index (χ2v) is 8.77. The maximum atomic E-state index is 13.7. The summed E-state index contributed by atoms with van der Waals surface area (Å²) in [5.74, 6) is 0.479. The van der Waals surface area contributed by atoms with E-state index in [9.17, 15) is 9.59 Å². The Morgan fingerprint density at radius 1 is 0.973 bits per heavy atom. The number of carbonyl (C=O) groups is 1. The number of fused-ring (bicyclic) bond motifs is 3. The van der Waals surface area contributed by atoms with Crippen LogP contribution in [-0.2, 0) is 17.9 Å². The van der Waals surface area contributed by atoms with Gasteiger partial charge < -0.3 is 14.4 Å². The normalized spacial score (nSPS) is 11.3. The van der Waals surface area contributed by atoms with Crippen molar-refractivity contribution in [1.29, 1.82) is 0 Å². The first kappa shape index (κ1) is 22.4. The van der Waals surface area contributed by atoms with E-state index in [0.717, 1.165) is 22.0 Å². The highest BCUT2D eigenvalue weighted by molar-refractivity contribution is 6.06. The van der Waals surface area contributed by atoms with Gasteiger partial charge in [0, 0.05) is 16.6 Å². The van der Waals surface area contributed by atoms with Crippen LogP contribution in [0.15, 0.2) is 94.5 Å². The lowest BCUT2D eigenvalue weighted by molar-refractivity contribution is -0.116. The van der Waals surface area contributed by atoms with Gasteiger partial charge in [-0.3, -0.25) is 14.2 Å². The number of hydrogen-bond donors (Lipinski definition) is 1. The van der Waals surface area contributed by atoms with E-state index in [1.165, 1.54) is 10.9 Å². The maximum Gasteiger partial charge on any atom is 0.278 e. The van der Waals surface area contributed by atoms with Crippen molar-refractivity contribution in [3.8, 4) is 11.4 Å². The summed E-state index contributed by atoms with van der Waals surface area (Å²) in [6.45, 7) is 1.99. The van der Waals surface area contributed by atoms with E-state index < -0.39 is 0 Å². The van der Waals surface area contributed by atoms with E-state index in [-0.39, 0.29) is 30.4 Å². The topological polar surface area (TPSA) is 108 Å². The molecular formula is C28H22N6O3. The standard InChI is InChI=1S/C28H22N6O3/c1-18-11-13-20(14-12-18)30-23(35)15-34-22-10-6-5-9-21(22)25-26(34)28(36)33(17-29-25)16-24-31-27(32-37-24)19-7-3-2-4-8-19/h2-14,17H,15-16H2,1H3,(H,30,35). The van der Waals surface area contributed by atoms with Gasteiger partial charge in [-0.15, -0.1) is 0 Å². The van der Waals surface area contributed by atoms with Gasteiger partial charge in [-0.05, 0) is 25.1 Å². The van der Waals surface area contributed by atoms with Crippen LogP contribution in [0.3, 0.4) is 0 Å². The number of para-hydroxylation sites is 1. The lowest BCUT2D eigenvalue weighted by Crippen LogP contribution is -2.25. The number of amides is 1. The zero-order chi connectivity index (χ0) is 25.4. The number of carbonyl (C=O) groups excluding carboxylic acids is 1. The molecule has 0 atom stereocenters. The van der Waals surface area contributed by atoms with Gasteiger partial charge in [0.2, 0.25) is 17.6 Å². The van der Waals surface area contributed by atoms with Crippen LogP contribution in [0.1, 0.15) is 11.5 Å². The number of nitrogens with zero attached hydrogens (tertiary/aromatic N) is 5. The van der Waals surface area contributed by atoms with Crippen molar-refractivity contribution in [1.82, 2.24) is 24.3 Å². The molecule has 9 nitrogen and oxygen atoms in total. The fourth-order valence-corrected chi connectivity index (χ4v) is 4.38. The summed E-state index contributed by atoms with van der Waals surface area (Å²) in [6, 6.07) is 24.5. The molecule has 0 aliphatic rings. The van der Waals surface area contributed by atoms with Crippen molar-refractivity contribution in [2.24, 2.45) is 0 Å². The summed E-state index contributed by atoms with van der Waals surface area (Å²) in [4.78, 5) is 35.6. The molecule has 3 heterocycles. The average molecular weight is 491 g/mol. The first-order chi connectivity index (χ1) is 18.1. The minimum atomic E-state index is -0.302. The van der Waals surface area contributed by atoms with Crippen LogP contribution in [0.5, 0.6) is 0 Å². The Labute approximate surface area is 211 Å². The van der Waals surface area contributed by atoms with Crippen LogP contribution in [0.4, 0.5) is 5.69 Å². The lowest BCUT2D eigenvalue weighted by atomic mass is 10.2. The smallest absolute Gasteiger partial charge is 0.278 e. The highest BCUT2D eigenvalue weighted by Gasteiger charge is 2.19. The van der Waals surface area contributed by atoms with Crippen LogP contribution in [0, 0.1) is 6.92 Å². The molecule has 3 aromatic heterocycles. The molecule has 0 saturated carbocycles. The van der Waals surface area contributed by atoms with Crippen molar-refractivity contribution >= 4 is 33.5 Å². The molecule has 0 bridgehead atoms. The largest absolute Gasteiger partial charge is 0.337 e. The van der Waals surface area contributed by atoms with Crippen molar-refractivity contribution in [2.75, 3.05) is 5.32 Å². The summed E-state index contributed by atoms with van der Waals surface area (Å²) in [5, 5.41) is 7.74. The summed E-state index contributed by atoms with van der Waals surface area (Å²) in [6.07, 6.45) is 1.47. The molecule has 0 saturated heterocycles. The van der Waals surface area contributed by atoms with E-state index in [1.807, 2.05) is 85.8 Å². The molecule has 1 N–H and O–H groups in total. The maximum absolute atomic E-state index is 13.7. The van der Waals surface area contributed by atoms with Crippen LogP contribution in [0.2, 0.25) is 0 Å². The summed E-state index contributed by atoms with van der Waals surface area (Å²) in [7, 11) is 0. The number of hydrogen-bond acceptors (Lipinski definition) is 6.